The number of halogens is 3. The fraction of sp³-hybridized carbons (Fsp3) is 0.357. The molecule has 0 aliphatic heterocycles. The molecule has 5 aromatic heterocycles. The van der Waals surface area contributed by atoms with Crippen molar-refractivity contribution in [2.75, 3.05) is 6.54 Å². The van der Waals surface area contributed by atoms with Crippen LogP contribution in [0.4, 0.5) is 13.2 Å². The first-order valence-electron chi connectivity index (χ1n) is 13.1. The highest BCUT2D eigenvalue weighted by molar-refractivity contribution is 5.59. The summed E-state index contributed by atoms with van der Waals surface area (Å²) >= 11 is 0. The van der Waals surface area contributed by atoms with Crippen molar-refractivity contribution in [2.24, 2.45) is 17.3 Å². The predicted octanol–water partition coefficient (Wildman–Crippen LogP) is 4.90. The molecule has 3 fully saturated rings. The molecule has 200 valence electrons. The van der Waals surface area contributed by atoms with E-state index in [1.54, 1.807) is 17.1 Å². The summed E-state index contributed by atoms with van der Waals surface area (Å²) in [6.07, 6.45) is 10.2. The van der Waals surface area contributed by atoms with Gasteiger partial charge in [-0.15, -0.1) is 5.10 Å². The van der Waals surface area contributed by atoms with Crippen LogP contribution in [0.5, 0.6) is 0 Å². The molecule has 5 heterocycles. The van der Waals surface area contributed by atoms with Crippen LogP contribution in [0.3, 0.4) is 0 Å². The van der Waals surface area contributed by atoms with Gasteiger partial charge in [0.2, 0.25) is 0 Å². The zero-order valence-corrected chi connectivity index (χ0v) is 21.1. The highest BCUT2D eigenvalue weighted by atomic mass is 19.4. The van der Waals surface area contributed by atoms with Crippen LogP contribution >= 0.6 is 0 Å². The van der Waals surface area contributed by atoms with Gasteiger partial charge in [-0.2, -0.15) is 13.2 Å². The first-order valence-corrected chi connectivity index (χ1v) is 13.1. The number of aromatic nitrogens is 7. The molecule has 5 aromatic rings. The first kappa shape index (κ1) is 24.1. The van der Waals surface area contributed by atoms with Crippen molar-refractivity contribution in [3.8, 4) is 16.9 Å². The van der Waals surface area contributed by atoms with Gasteiger partial charge in [-0.3, -0.25) is 4.98 Å². The summed E-state index contributed by atoms with van der Waals surface area (Å²) in [7, 11) is 0. The molecule has 3 aliphatic rings. The number of nitrogens with one attached hydrogen (secondary N) is 1. The summed E-state index contributed by atoms with van der Waals surface area (Å²) in [4.78, 5) is 9.05. The number of fused-ring (bicyclic) bond motifs is 2. The van der Waals surface area contributed by atoms with E-state index in [9.17, 15) is 13.2 Å². The maximum absolute atomic E-state index is 13.3. The van der Waals surface area contributed by atoms with Crippen LogP contribution < -0.4 is 5.32 Å². The molecular formula is C28H27F3N8. The zero-order chi connectivity index (χ0) is 26.6. The van der Waals surface area contributed by atoms with E-state index in [1.165, 1.54) is 0 Å². The minimum absolute atomic E-state index is 0.106. The van der Waals surface area contributed by atoms with E-state index in [0.717, 1.165) is 33.8 Å². The van der Waals surface area contributed by atoms with Crippen molar-refractivity contribution in [3.63, 3.8) is 0 Å². The van der Waals surface area contributed by atoms with E-state index in [0.29, 0.717) is 32.5 Å². The lowest BCUT2D eigenvalue weighted by Crippen LogP contribution is -2.42. The third kappa shape index (κ3) is 4.40. The Morgan fingerprint density at radius 3 is 2.67 bits per heavy atom. The fourth-order valence-electron chi connectivity index (χ4n) is 6.26. The Hall–Kier alpha value is -3.99. The summed E-state index contributed by atoms with van der Waals surface area (Å²) in [6, 6.07) is 9.90. The molecule has 8 rings (SSSR count). The smallest absolute Gasteiger partial charge is 0.322 e. The van der Waals surface area contributed by atoms with Crippen molar-refractivity contribution in [1.82, 2.24) is 39.2 Å². The second kappa shape index (κ2) is 9.04. The number of rotatable bonds is 8. The Bertz CT molecular complexity index is 1610. The monoisotopic (exact) mass is 532 g/mol. The minimum Gasteiger partial charge on any atom is -0.322 e. The summed E-state index contributed by atoms with van der Waals surface area (Å²) in [5.41, 5.74) is 3.87. The molecule has 0 radical (unpaired) electrons. The number of hydrogen-bond donors (Lipinski definition) is 1. The molecule has 1 N–H and O–H groups in total. The largest absolute Gasteiger partial charge is 0.394 e. The molecule has 0 amide bonds. The lowest BCUT2D eigenvalue weighted by Gasteiger charge is -2.40. The summed E-state index contributed by atoms with van der Waals surface area (Å²) in [6.45, 7) is 1.69. The van der Waals surface area contributed by atoms with Crippen molar-refractivity contribution in [1.29, 1.82) is 0 Å². The van der Waals surface area contributed by atoms with Crippen LogP contribution in [0.2, 0.25) is 0 Å². The second-order valence-corrected chi connectivity index (χ2v) is 10.9. The third-order valence-electron chi connectivity index (χ3n) is 8.31. The van der Waals surface area contributed by atoms with Crippen molar-refractivity contribution in [2.45, 2.75) is 38.5 Å². The molecule has 3 aliphatic carbocycles. The van der Waals surface area contributed by atoms with Crippen LogP contribution in [-0.2, 0) is 13.1 Å². The number of pyridine rings is 2. The quantitative estimate of drug-likeness (QED) is 0.308. The molecule has 2 bridgehead atoms. The number of alkyl halides is 3. The SMILES string of the molecule is FC(F)(F)C12CC(C1)[C@@H](CNCc1ccc3nc(Cn4cc(-c5cncc(-n6cccc6)c5)nn4)cn3c1)C2. The Morgan fingerprint density at radius 1 is 1.03 bits per heavy atom. The second-order valence-electron chi connectivity index (χ2n) is 10.9. The predicted molar refractivity (Wildman–Crippen MR) is 138 cm³/mol. The fourth-order valence-corrected chi connectivity index (χ4v) is 6.26. The van der Waals surface area contributed by atoms with E-state index in [-0.39, 0.29) is 18.3 Å². The van der Waals surface area contributed by atoms with Gasteiger partial charge in [0.05, 0.1) is 35.7 Å². The Labute approximate surface area is 222 Å². The zero-order valence-electron chi connectivity index (χ0n) is 21.1. The Kier molecular flexibility index (Phi) is 5.58. The molecule has 0 saturated heterocycles. The number of imidazole rings is 1. The molecule has 39 heavy (non-hydrogen) atoms. The number of nitrogens with zero attached hydrogens (tertiary/aromatic N) is 7. The van der Waals surface area contributed by atoms with Crippen LogP contribution in [0, 0.1) is 17.3 Å². The van der Waals surface area contributed by atoms with E-state index < -0.39 is 11.6 Å². The van der Waals surface area contributed by atoms with Crippen LogP contribution in [0.15, 0.2) is 73.7 Å². The standard InChI is InChI=1S/C28H27F3N8/c29-28(30,31)27-8-21(9-27)22(10-27)13-32-11-19-3-4-26-34-23(16-38(26)15-19)17-39-18-25(35-36-39)20-7-24(14-33-12-20)37-5-1-2-6-37/h1-7,12,14-16,18,21-22,32H,8-11,13,17H2/t21?,22-,27?/m1/s1. The average Bonchev–Trinajstić information content (AvgIpc) is 3.71. The normalized spacial score (nSPS) is 22.4. The highest BCUT2D eigenvalue weighted by Gasteiger charge is 2.68. The van der Waals surface area contributed by atoms with Gasteiger partial charge in [0.15, 0.2) is 0 Å². The van der Waals surface area contributed by atoms with Crippen molar-refractivity contribution in [3.05, 3.63) is 85.0 Å². The first-order chi connectivity index (χ1) is 18.9. The van der Waals surface area contributed by atoms with Crippen LogP contribution in [0.1, 0.15) is 30.5 Å². The minimum atomic E-state index is -4.07. The van der Waals surface area contributed by atoms with Crippen LogP contribution in [0.25, 0.3) is 22.6 Å². The topological polar surface area (TPSA) is 77.9 Å². The van der Waals surface area contributed by atoms with Gasteiger partial charge in [0, 0.05) is 43.1 Å². The molecule has 3 saturated carbocycles. The number of hydrogen-bond acceptors (Lipinski definition) is 5. The van der Waals surface area contributed by atoms with Crippen molar-refractivity contribution >= 4 is 5.65 Å². The van der Waals surface area contributed by atoms with Gasteiger partial charge >= 0.3 is 6.18 Å². The van der Waals surface area contributed by atoms with E-state index in [2.05, 4.69) is 20.6 Å². The van der Waals surface area contributed by atoms with Gasteiger partial charge in [0.25, 0.3) is 0 Å². The Morgan fingerprint density at radius 2 is 1.87 bits per heavy atom. The van der Waals surface area contributed by atoms with E-state index >= 15 is 0 Å². The summed E-state index contributed by atoms with van der Waals surface area (Å²) in [5, 5.41) is 12.0. The van der Waals surface area contributed by atoms with Crippen LogP contribution in [-0.4, -0.2) is 46.7 Å². The van der Waals surface area contributed by atoms with Gasteiger partial charge in [-0.25, -0.2) is 9.67 Å². The molecule has 8 nitrogen and oxygen atoms in total. The summed E-state index contributed by atoms with van der Waals surface area (Å²) in [5.74, 6) is 0.310. The molecular weight excluding hydrogens is 505 g/mol. The molecule has 11 heteroatoms. The molecule has 1 atom stereocenters. The maximum Gasteiger partial charge on any atom is 0.394 e. The van der Waals surface area contributed by atoms with Gasteiger partial charge < -0.3 is 14.3 Å². The van der Waals surface area contributed by atoms with E-state index in [1.807, 2.05) is 70.3 Å². The molecule has 0 aromatic carbocycles. The lowest BCUT2D eigenvalue weighted by molar-refractivity contribution is -0.244. The van der Waals surface area contributed by atoms with Gasteiger partial charge in [0.1, 0.15) is 11.3 Å². The molecule has 0 unspecified atom stereocenters. The third-order valence-corrected chi connectivity index (χ3v) is 8.31. The average molecular weight is 533 g/mol. The van der Waals surface area contributed by atoms with E-state index in [4.69, 9.17) is 4.98 Å². The maximum atomic E-state index is 13.3. The Balaban J connectivity index is 0.982. The van der Waals surface area contributed by atoms with Gasteiger partial charge in [-0.1, -0.05) is 11.3 Å². The molecule has 0 spiro atoms. The summed E-state index contributed by atoms with van der Waals surface area (Å²) < 4.78 is 45.7. The highest BCUT2D eigenvalue weighted by Crippen LogP contribution is 2.68. The van der Waals surface area contributed by atoms with Crippen molar-refractivity contribution < 1.29 is 13.2 Å². The van der Waals surface area contributed by atoms with Gasteiger partial charge in [-0.05, 0) is 67.5 Å². The lowest BCUT2D eigenvalue weighted by atomic mass is 9.69.